The monoisotopic (exact) mass is 246 g/mol. The van der Waals surface area contributed by atoms with Gasteiger partial charge in [-0.3, -0.25) is 4.79 Å². The highest BCUT2D eigenvalue weighted by Crippen LogP contribution is 2.22. The molecule has 86 valence electrons. The standard InChI is InChI=1S/C14H11ClO2/c1-2-7-17-13-6-5-10-8-12(14(15)16)4-3-11(10)9-13/h2-9H,1H3. The number of allylic oxidation sites excluding steroid dienone is 1. The Morgan fingerprint density at radius 2 is 1.88 bits per heavy atom. The fraction of sp³-hybridized carbons (Fsp3) is 0.0714. The largest absolute Gasteiger partial charge is 0.465 e. The number of carbonyl (C=O) groups is 1. The number of ether oxygens (including phenoxy) is 1. The Hall–Kier alpha value is -1.80. The third-order valence-corrected chi connectivity index (χ3v) is 2.60. The second-order valence-electron chi connectivity index (χ2n) is 3.58. The maximum absolute atomic E-state index is 11.0. The minimum atomic E-state index is -0.443. The first-order valence-corrected chi connectivity index (χ1v) is 5.60. The van der Waals surface area contributed by atoms with Crippen molar-refractivity contribution in [2.75, 3.05) is 0 Å². The van der Waals surface area contributed by atoms with E-state index in [1.165, 1.54) is 0 Å². The quantitative estimate of drug-likeness (QED) is 0.601. The molecule has 2 aromatic rings. The third kappa shape index (κ3) is 2.66. The van der Waals surface area contributed by atoms with Gasteiger partial charge in [-0.05, 0) is 53.6 Å². The fourth-order valence-electron chi connectivity index (χ4n) is 1.57. The predicted molar refractivity (Wildman–Crippen MR) is 69.6 cm³/mol. The van der Waals surface area contributed by atoms with Crippen molar-refractivity contribution < 1.29 is 9.53 Å². The number of halogens is 1. The molecule has 0 amide bonds. The number of rotatable bonds is 3. The van der Waals surface area contributed by atoms with Crippen LogP contribution in [-0.4, -0.2) is 5.24 Å². The highest BCUT2D eigenvalue weighted by atomic mass is 35.5. The highest BCUT2D eigenvalue weighted by molar-refractivity contribution is 6.67. The summed E-state index contributed by atoms with van der Waals surface area (Å²) in [6.45, 7) is 1.89. The molecule has 3 heteroatoms. The summed E-state index contributed by atoms with van der Waals surface area (Å²) in [5.41, 5.74) is 0.501. The molecule has 0 saturated heterocycles. The average Bonchev–Trinajstić information content (AvgIpc) is 2.35. The first-order valence-electron chi connectivity index (χ1n) is 5.22. The van der Waals surface area contributed by atoms with E-state index in [1.807, 2.05) is 37.3 Å². The second-order valence-corrected chi connectivity index (χ2v) is 3.93. The molecule has 0 aromatic heterocycles. The Morgan fingerprint density at radius 3 is 2.59 bits per heavy atom. The van der Waals surface area contributed by atoms with Crippen molar-refractivity contribution in [3.8, 4) is 5.75 Å². The first kappa shape index (κ1) is 11.7. The average molecular weight is 247 g/mol. The van der Waals surface area contributed by atoms with Gasteiger partial charge in [0, 0.05) is 5.56 Å². The Kier molecular flexibility index (Phi) is 3.45. The van der Waals surface area contributed by atoms with Crippen LogP contribution >= 0.6 is 11.6 Å². The van der Waals surface area contributed by atoms with Crippen LogP contribution in [0.5, 0.6) is 5.75 Å². The van der Waals surface area contributed by atoms with Gasteiger partial charge in [0.2, 0.25) is 0 Å². The molecule has 0 radical (unpaired) electrons. The smallest absolute Gasteiger partial charge is 0.252 e. The van der Waals surface area contributed by atoms with E-state index in [9.17, 15) is 4.79 Å². The molecule has 0 N–H and O–H groups in total. The maximum Gasteiger partial charge on any atom is 0.252 e. The Bertz CT molecular complexity index is 588. The van der Waals surface area contributed by atoms with Gasteiger partial charge < -0.3 is 4.74 Å². The molecule has 0 spiro atoms. The van der Waals surface area contributed by atoms with Gasteiger partial charge in [-0.2, -0.15) is 0 Å². The number of hydrogen-bond donors (Lipinski definition) is 0. The first-order chi connectivity index (χ1) is 8.20. The van der Waals surface area contributed by atoms with Crippen LogP contribution < -0.4 is 4.74 Å². The summed E-state index contributed by atoms with van der Waals surface area (Å²) in [7, 11) is 0. The number of fused-ring (bicyclic) bond motifs is 1. The van der Waals surface area contributed by atoms with Gasteiger partial charge in [0.25, 0.3) is 5.24 Å². The lowest BCUT2D eigenvalue weighted by Crippen LogP contribution is -1.88. The lowest BCUT2D eigenvalue weighted by molar-refractivity contribution is 0.108. The van der Waals surface area contributed by atoms with Crippen molar-refractivity contribution in [2.45, 2.75) is 6.92 Å². The van der Waals surface area contributed by atoms with Crippen molar-refractivity contribution >= 4 is 27.6 Å². The summed E-state index contributed by atoms with van der Waals surface area (Å²) >= 11 is 5.43. The van der Waals surface area contributed by atoms with Gasteiger partial charge in [0.15, 0.2) is 0 Å². The highest BCUT2D eigenvalue weighted by Gasteiger charge is 2.03. The summed E-state index contributed by atoms with van der Waals surface area (Å²) in [4.78, 5) is 11.0. The van der Waals surface area contributed by atoms with Gasteiger partial charge in [0.05, 0.1) is 6.26 Å². The summed E-state index contributed by atoms with van der Waals surface area (Å²) in [6, 6.07) is 11.0. The summed E-state index contributed by atoms with van der Waals surface area (Å²) in [5.74, 6) is 0.764. The SMILES string of the molecule is CC=COc1ccc2cc(C(=O)Cl)ccc2c1. The van der Waals surface area contributed by atoms with E-state index in [1.54, 1.807) is 18.4 Å². The van der Waals surface area contributed by atoms with Crippen LogP contribution in [0.3, 0.4) is 0 Å². The minimum Gasteiger partial charge on any atom is -0.465 e. The molecule has 2 rings (SSSR count). The fourth-order valence-corrected chi connectivity index (χ4v) is 1.68. The zero-order valence-electron chi connectivity index (χ0n) is 9.31. The Morgan fingerprint density at radius 1 is 1.18 bits per heavy atom. The lowest BCUT2D eigenvalue weighted by atomic mass is 10.1. The Balaban J connectivity index is 2.43. The van der Waals surface area contributed by atoms with Gasteiger partial charge in [0.1, 0.15) is 5.75 Å². The van der Waals surface area contributed by atoms with E-state index >= 15 is 0 Å². The molecule has 0 saturated carbocycles. The van der Waals surface area contributed by atoms with E-state index in [4.69, 9.17) is 16.3 Å². The molecule has 0 aliphatic rings. The van der Waals surface area contributed by atoms with Crippen LogP contribution in [0.4, 0.5) is 0 Å². The van der Waals surface area contributed by atoms with E-state index in [-0.39, 0.29) is 0 Å². The van der Waals surface area contributed by atoms with Crippen LogP contribution in [0.2, 0.25) is 0 Å². The molecule has 0 bridgehead atoms. The molecule has 0 aliphatic heterocycles. The predicted octanol–water partition coefficient (Wildman–Crippen LogP) is 4.13. The normalized spacial score (nSPS) is 10.9. The summed E-state index contributed by atoms with van der Waals surface area (Å²) in [5, 5.41) is 1.53. The van der Waals surface area contributed by atoms with Crippen molar-refractivity contribution in [1.29, 1.82) is 0 Å². The van der Waals surface area contributed by atoms with Crippen molar-refractivity contribution in [1.82, 2.24) is 0 Å². The zero-order valence-corrected chi connectivity index (χ0v) is 10.1. The molecular formula is C14H11ClO2. The van der Waals surface area contributed by atoms with Crippen LogP contribution in [0.25, 0.3) is 10.8 Å². The number of benzene rings is 2. The van der Waals surface area contributed by atoms with E-state index in [0.29, 0.717) is 5.56 Å². The topological polar surface area (TPSA) is 26.3 Å². The summed E-state index contributed by atoms with van der Waals surface area (Å²) < 4.78 is 5.37. The van der Waals surface area contributed by atoms with E-state index in [0.717, 1.165) is 16.5 Å². The molecule has 0 unspecified atom stereocenters. The third-order valence-electron chi connectivity index (χ3n) is 2.38. The molecule has 0 fully saturated rings. The Labute approximate surface area is 104 Å². The van der Waals surface area contributed by atoms with Crippen LogP contribution in [0, 0.1) is 0 Å². The van der Waals surface area contributed by atoms with Gasteiger partial charge in [-0.15, -0.1) is 0 Å². The number of carbonyl (C=O) groups excluding carboxylic acids is 1. The summed E-state index contributed by atoms with van der Waals surface area (Å²) in [6.07, 6.45) is 3.44. The van der Waals surface area contributed by atoms with Gasteiger partial charge in [-0.1, -0.05) is 18.2 Å². The molecule has 0 heterocycles. The zero-order chi connectivity index (χ0) is 12.3. The molecular weight excluding hydrogens is 236 g/mol. The molecule has 17 heavy (non-hydrogen) atoms. The van der Waals surface area contributed by atoms with Crippen molar-refractivity contribution in [2.24, 2.45) is 0 Å². The van der Waals surface area contributed by atoms with Crippen LogP contribution in [0.1, 0.15) is 17.3 Å². The molecule has 2 nitrogen and oxygen atoms in total. The molecule has 2 aromatic carbocycles. The van der Waals surface area contributed by atoms with Crippen LogP contribution in [0.15, 0.2) is 48.7 Å². The molecule has 0 aliphatic carbocycles. The van der Waals surface area contributed by atoms with E-state index < -0.39 is 5.24 Å². The van der Waals surface area contributed by atoms with Crippen molar-refractivity contribution in [3.63, 3.8) is 0 Å². The second kappa shape index (κ2) is 5.02. The van der Waals surface area contributed by atoms with Crippen molar-refractivity contribution in [3.05, 3.63) is 54.3 Å². The lowest BCUT2D eigenvalue weighted by Gasteiger charge is -2.03. The van der Waals surface area contributed by atoms with Gasteiger partial charge in [-0.25, -0.2) is 0 Å². The molecule has 0 atom stereocenters. The number of hydrogen-bond acceptors (Lipinski definition) is 2. The minimum absolute atomic E-state index is 0.443. The van der Waals surface area contributed by atoms with Crippen LogP contribution in [-0.2, 0) is 0 Å². The maximum atomic E-state index is 11.0. The van der Waals surface area contributed by atoms with E-state index in [2.05, 4.69) is 0 Å². The van der Waals surface area contributed by atoms with Gasteiger partial charge >= 0.3 is 0 Å².